The third kappa shape index (κ3) is 6.36. The summed E-state index contributed by atoms with van der Waals surface area (Å²) in [7, 11) is 2.19. The molecule has 4 heteroatoms. The van der Waals surface area contributed by atoms with Crippen LogP contribution in [0.2, 0.25) is 0 Å². The zero-order valence-corrected chi connectivity index (χ0v) is 12.0. The molecule has 1 rings (SSSR count). The van der Waals surface area contributed by atoms with E-state index in [0.717, 1.165) is 26.2 Å². The van der Waals surface area contributed by atoms with Crippen LogP contribution in [0.4, 0.5) is 0 Å². The van der Waals surface area contributed by atoms with Gasteiger partial charge in [0.25, 0.3) is 0 Å². The van der Waals surface area contributed by atoms with Crippen LogP contribution in [0.25, 0.3) is 0 Å². The Morgan fingerprint density at radius 3 is 2.41 bits per heavy atom. The number of nitrogens with one attached hydrogen (secondary N) is 1. The smallest absolute Gasteiger partial charge is 0.0750 e. The number of nitrogens with zero attached hydrogens (tertiary/aromatic N) is 2. The van der Waals surface area contributed by atoms with Crippen molar-refractivity contribution < 1.29 is 4.74 Å². The standard InChI is InChI=1S/C13H29N3O/c1-5-17-13(2,3)12-14-6-7-16-10-8-15(4)9-11-16/h14H,5-12H2,1-4H3. The third-order valence-corrected chi connectivity index (χ3v) is 3.29. The molecular weight excluding hydrogens is 214 g/mol. The van der Waals surface area contributed by atoms with Gasteiger partial charge in [-0.05, 0) is 27.8 Å². The molecule has 1 N–H and O–H groups in total. The summed E-state index contributed by atoms with van der Waals surface area (Å²) in [6, 6.07) is 0. The topological polar surface area (TPSA) is 27.7 Å². The number of piperazine rings is 1. The van der Waals surface area contributed by atoms with Gasteiger partial charge in [-0.1, -0.05) is 0 Å². The molecule has 0 atom stereocenters. The zero-order chi connectivity index (χ0) is 12.7. The van der Waals surface area contributed by atoms with E-state index >= 15 is 0 Å². The monoisotopic (exact) mass is 243 g/mol. The van der Waals surface area contributed by atoms with Crippen LogP contribution in [0, 0.1) is 0 Å². The van der Waals surface area contributed by atoms with Gasteiger partial charge in [0.1, 0.15) is 0 Å². The highest BCUT2D eigenvalue weighted by atomic mass is 16.5. The molecular formula is C13H29N3O. The summed E-state index contributed by atoms with van der Waals surface area (Å²) in [6.07, 6.45) is 0. The average Bonchev–Trinajstić information content (AvgIpc) is 2.27. The van der Waals surface area contributed by atoms with Crippen LogP contribution >= 0.6 is 0 Å². The van der Waals surface area contributed by atoms with Crippen molar-refractivity contribution >= 4 is 0 Å². The number of ether oxygens (including phenoxy) is 1. The van der Waals surface area contributed by atoms with Gasteiger partial charge in [0.15, 0.2) is 0 Å². The molecule has 1 aliphatic rings. The predicted octanol–water partition coefficient (Wildman–Crippen LogP) is 0.639. The van der Waals surface area contributed by atoms with Gasteiger partial charge in [0, 0.05) is 52.4 Å². The van der Waals surface area contributed by atoms with E-state index in [1.165, 1.54) is 26.2 Å². The summed E-state index contributed by atoms with van der Waals surface area (Å²) in [4.78, 5) is 4.92. The van der Waals surface area contributed by atoms with Gasteiger partial charge in [-0.3, -0.25) is 4.90 Å². The first-order valence-electron chi connectivity index (χ1n) is 6.79. The molecule has 0 aromatic rings. The second kappa shape index (κ2) is 7.31. The Labute approximate surface area is 106 Å². The van der Waals surface area contributed by atoms with Crippen LogP contribution in [-0.2, 0) is 4.74 Å². The summed E-state index contributed by atoms with van der Waals surface area (Å²) in [5, 5.41) is 3.49. The fraction of sp³-hybridized carbons (Fsp3) is 1.00. The van der Waals surface area contributed by atoms with Gasteiger partial charge in [0.05, 0.1) is 5.60 Å². The van der Waals surface area contributed by atoms with Gasteiger partial charge in [-0.25, -0.2) is 0 Å². The van der Waals surface area contributed by atoms with E-state index in [4.69, 9.17) is 4.74 Å². The fourth-order valence-electron chi connectivity index (χ4n) is 2.14. The second-order valence-electron chi connectivity index (χ2n) is 5.51. The highest BCUT2D eigenvalue weighted by molar-refractivity contribution is 4.74. The molecule has 4 nitrogen and oxygen atoms in total. The molecule has 0 spiro atoms. The molecule has 0 unspecified atom stereocenters. The van der Waals surface area contributed by atoms with E-state index in [1.54, 1.807) is 0 Å². The Bertz CT molecular complexity index is 201. The van der Waals surface area contributed by atoms with E-state index in [1.807, 2.05) is 6.92 Å². The number of rotatable bonds is 7. The van der Waals surface area contributed by atoms with Crippen LogP contribution in [-0.4, -0.2) is 74.9 Å². The quantitative estimate of drug-likeness (QED) is 0.664. The Balaban J connectivity index is 2.04. The average molecular weight is 243 g/mol. The number of hydrogen-bond acceptors (Lipinski definition) is 4. The van der Waals surface area contributed by atoms with Crippen molar-refractivity contribution in [3.63, 3.8) is 0 Å². The summed E-state index contributed by atoms with van der Waals surface area (Å²) < 4.78 is 5.65. The first kappa shape index (κ1) is 14.9. The van der Waals surface area contributed by atoms with Crippen molar-refractivity contribution in [2.75, 3.05) is 59.5 Å². The van der Waals surface area contributed by atoms with Crippen LogP contribution in [0.5, 0.6) is 0 Å². The van der Waals surface area contributed by atoms with Crippen molar-refractivity contribution in [3.8, 4) is 0 Å². The van der Waals surface area contributed by atoms with Crippen LogP contribution < -0.4 is 5.32 Å². The van der Waals surface area contributed by atoms with Crippen molar-refractivity contribution in [2.24, 2.45) is 0 Å². The van der Waals surface area contributed by atoms with Crippen molar-refractivity contribution in [1.82, 2.24) is 15.1 Å². The summed E-state index contributed by atoms with van der Waals surface area (Å²) in [5.41, 5.74) is -0.0448. The van der Waals surface area contributed by atoms with Crippen molar-refractivity contribution in [1.29, 1.82) is 0 Å². The maximum Gasteiger partial charge on any atom is 0.0750 e. The molecule has 0 aromatic carbocycles. The zero-order valence-electron chi connectivity index (χ0n) is 12.0. The molecule has 0 radical (unpaired) electrons. The minimum atomic E-state index is -0.0448. The Kier molecular flexibility index (Phi) is 6.41. The largest absolute Gasteiger partial charge is 0.375 e. The molecule has 0 bridgehead atoms. The van der Waals surface area contributed by atoms with E-state index in [2.05, 4.69) is 36.0 Å². The van der Waals surface area contributed by atoms with Crippen LogP contribution in [0.1, 0.15) is 20.8 Å². The number of hydrogen-bond donors (Lipinski definition) is 1. The van der Waals surface area contributed by atoms with E-state index in [0.29, 0.717) is 0 Å². The highest BCUT2D eigenvalue weighted by Gasteiger charge is 2.17. The SMILES string of the molecule is CCOC(C)(C)CNCCN1CCN(C)CC1. The molecule has 1 aliphatic heterocycles. The lowest BCUT2D eigenvalue weighted by Gasteiger charge is -2.32. The second-order valence-corrected chi connectivity index (χ2v) is 5.51. The van der Waals surface area contributed by atoms with Gasteiger partial charge in [0.2, 0.25) is 0 Å². The molecule has 0 amide bonds. The fourth-order valence-corrected chi connectivity index (χ4v) is 2.14. The van der Waals surface area contributed by atoms with Crippen molar-refractivity contribution in [2.45, 2.75) is 26.4 Å². The molecule has 1 saturated heterocycles. The Morgan fingerprint density at radius 2 is 1.82 bits per heavy atom. The van der Waals surface area contributed by atoms with Gasteiger partial charge in [-0.15, -0.1) is 0 Å². The van der Waals surface area contributed by atoms with E-state index in [-0.39, 0.29) is 5.60 Å². The highest BCUT2D eigenvalue weighted by Crippen LogP contribution is 2.06. The maximum atomic E-state index is 5.65. The number of likely N-dealkylation sites (N-methyl/N-ethyl adjacent to an activating group) is 1. The summed E-state index contributed by atoms with van der Waals surface area (Å²) in [6.45, 7) is 15.0. The first-order valence-corrected chi connectivity index (χ1v) is 6.79. The summed E-state index contributed by atoms with van der Waals surface area (Å²) >= 11 is 0. The van der Waals surface area contributed by atoms with Gasteiger partial charge in [-0.2, -0.15) is 0 Å². The third-order valence-electron chi connectivity index (χ3n) is 3.29. The normalized spacial score (nSPS) is 19.8. The summed E-state index contributed by atoms with van der Waals surface area (Å²) in [5.74, 6) is 0. The van der Waals surface area contributed by atoms with Gasteiger partial charge < -0.3 is 15.0 Å². The Morgan fingerprint density at radius 1 is 1.18 bits per heavy atom. The molecule has 0 aromatic heterocycles. The molecule has 17 heavy (non-hydrogen) atoms. The van der Waals surface area contributed by atoms with E-state index in [9.17, 15) is 0 Å². The van der Waals surface area contributed by atoms with Crippen LogP contribution in [0.3, 0.4) is 0 Å². The molecule has 102 valence electrons. The molecule has 0 saturated carbocycles. The Hall–Kier alpha value is -0.160. The van der Waals surface area contributed by atoms with Crippen molar-refractivity contribution in [3.05, 3.63) is 0 Å². The maximum absolute atomic E-state index is 5.65. The minimum absolute atomic E-state index is 0.0448. The first-order chi connectivity index (χ1) is 8.03. The predicted molar refractivity (Wildman–Crippen MR) is 72.5 cm³/mol. The molecule has 1 heterocycles. The molecule has 0 aliphatic carbocycles. The lowest BCUT2D eigenvalue weighted by atomic mass is 10.1. The van der Waals surface area contributed by atoms with Crippen LogP contribution in [0.15, 0.2) is 0 Å². The lowest BCUT2D eigenvalue weighted by molar-refractivity contribution is -0.00907. The molecule has 1 fully saturated rings. The van der Waals surface area contributed by atoms with E-state index < -0.39 is 0 Å². The van der Waals surface area contributed by atoms with Gasteiger partial charge >= 0.3 is 0 Å². The lowest BCUT2D eigenvalue weighted by Crippen LogP contribution is -2.47. The minimum Gasteiger partial charge on any atom is -0.375 e.